The first kappa shape index (κ1) is 22.8. The van der Waals surface area contributed by atoms with E-state index in [0.717, 1.165) is 70.7 Å². The normalized spacial score (nSPS) is 20.7. The van der Waals surface area contributed by atoms with Crippen LogP contribution in [0.25, 0.3) is 0 Å². The van der Waals surface area contributed by atoms with Crippen LogP contribution < -0.4 is 15.4 Å². The van der Waals surface area contributed by atoms with E-state index in [-0.39, 0.29) is 0 Å². The van der Waals surface area contributed by atoms with Crippen molar-refractivity contribution in [1.82, 2.24) is 20.4 Å². The Morgan fingerprint density at radius 1 is 1.13 bits per heavy atom. The maximum atomic E-state index is 5.47. The monoisotopic (exact) mass is 417 g/mol. The largest absolute Gasteiger partial charge is 0.497 e. The number of likely N-dealkylation sites (tertiary alicyclic amines) is 1. The van der Waals surface area contributed by atoms with Crippen LogP contribution >= 0.6 is 0 Å². The van der Waals surface area contributed by atoms with Gasteiger partial charge in [0.2, 0.25) is 0 Å². The van der Waals surface area contributed by atoms with Crippen LogP contribution in [0.15, 0.2) is 29.3 Å². The summed E-state index contributed by atoms with van der Waals surface area (Å²) in [4.78, 5) is 9.91. The lowest BCUT2D eigenvalue weighted by Crippen LogP contribution is -2.45. The summed E-state index contributed by atoms with van der Waals surface area (Å²) in [5.41, 5.74) is 1.29. The second kappa shape index (κ2) is 12.1. The van der Waals surface area contributed by atoms with Crippen molar-refractivity contribution in [1.29, 1.82) is 0 Å². The average molecular weight is 418 g/mol. The second-order valence-corrected chi connectivity index (χ2v) is 8.13. The van der Waals surface area contributed by atoms with Crippen LogP contribution in [-0.2, 0) is 4.74 Å². The number of hydrogen-bond acceptors (Lipinski definition) is 5. The fourth-order valence-corrected chi connectivity index (χ4v) is 4.25. The zero-order valence-corrected chi connectivity index (χ0v) is 18.9. The second-order valence-electron chi connectivity index (χ2n) is 8.13. The third kappa shape index (κ3) is 6.59. The minimum Gasteiger partial charge on any atom is -0.497 e. The molecule has 2 aliphatic rings. The number of ether oxygens (including phenoxy) is 2. The van der Waals surface area contributed by atoms with Gasteiger partial charge < -0.3 is 20.1 Å². The van der Waals surface area contributed by atoms with Gasteiger partial charge in [0.15, 0.2) is 5.96 Å². The molecule has 0 aliphatic carbocycles. The lowest BCUT2D eigenvalue weighted by Gasteiger charge is -2.31. The smallest absolute Gasteiger partial charge is 0.191 e. The topological polar surface area (TPSA) is 61.4 Å². The molecule has 30 heavy (non-hydrogen) atoms. The van der Waals surface area contributed by atoms with E-state index in [9.17, 15) is 0 Å². The van der Waals surface area contributed by atoms with Crippen molar-refractivity contribution in [3.63, 3.8) is 0 Å². The Balaban J connectivity index is 1.64. The van der Waals surface area contributed by atoms with E-state index < -0.39 is 0 Å². The van der Waals surface area contributed by atoms with Gasteiger partial charge in [-0.2, -0.15) is 0 Å². The van der Waals surface area contributed by atoms with Crippen LogP contribution in [0.2, 0.25) is 0 Å². The van der Waals surface area contributed by atoms with Crippen molar-refractivity contribution in [3.8, 4) is 5.75 Å². The highest BCUT2D eigenvalue weighted by Gasteiger charge is 2.24. The zero-order valence-electron chi connectivity index (χ0n) is 18.9. The van der Waals surface area contributed by atoms with Crippen molar-refractivity contribution < 1.29 is 9.47 Å². The Labute approximate surface area is 181 Å². The van der Waals surface area contributed by atoms with Crippen molar-refractivity contribution in [2.75, 3.05) is 66.1 Å². The quantitative estimate of drug-likeness (QED) is 0.474. The minimum atomic E-state index is 0.308. The number of nitrogens with one attached hydrogen (secondary N) is 2. The van der Waals surface area contributed by atoms with Crippen LogP contribution in [0.5, 0.6) is 5.75 Å². The molecule has 7 heteroatoms. The fraction of sp³-hybridized carbons (Fsp3) is 0.696. The predicted molar refractivity (Wildman–Crippen MR) is 122 cm³/mol. The molecule has 0 radical (unpaired) electrons. The van der Waals surface area contributed by atoms with E-state index >= 15 is 0 Å². The van der Waals surface area contributed by atoms with Crippen LogP contribution in [0, 0.1) is 0 Å². The van der Waals surface area contributed by atoms with E-state index in [2.05, 4.69) is 52.5 Å². The predicted octanol–water partition coefficient (Wildman–Crippen LogP) is 2.11. The van der Waals surface area contributed by atoms with E-state index in [1.54, 1.807) is 7.11 Å². The molecule has 1 aromatic carbocycles. The summed E-state index contributed by atoms with van der Waals surface area (Å²) >= 11 is 0. The zero-order chi connectivity index (χ0) is 21.2. The van der Waals surface area contributed by atoms with E-state index in [1.807, 2.05) is 6.07 Å². The first-order chi connectivity index (χ1) is 14.7. The summed E-state index contributed by atoms with van der Waals surface area (Å²) in [6, 6.07) is 9.18. The van der Waals surface area contributed by atoms with E-state index in [1.165, 1.54) is 18.4 Å². The van der Waals surface area contributed by atoms with Gasteiger partial charge in [-0.25, -0.2) is 0 Å². The molecular formula is C23H39N5O2. The lowest BCUT2D eigenvalue weighted by atomic mass is 10.1. The Hall–Kier alpha value is -1.83. The lowest BCUT2D eigenvalue weighted by molar-refractivity contribution is 0.0220. The summed E-state index contributed by atoms with van der Waals surface area (Å²) in [6.45, 7) is 12.7. The number of benzene rings is 1. The van der Waals surface area contributed by atoms with Crippen molar-refractivity contribution in [3.05, 3.63) is 29.8 Å². The van der Waals surface area contributed by atoms with Gasteiger partial charge in [0.05, 0.1) is 32.9 Å². The highest BCUT2D eigenvalue weighted by atomic mass is 16.5. The maximum absolute atomic E-state index is 5.47. The highest BCUT2D eigenvalue weighted by Crippen LogP contribution is 2.27. The first-order valence-electron chi connectivity index (χ1n) is 11.4. The van der Waals surface area contributed by atoms with Crippen LogP contribution in [0.3, 0.4) is 0 Å². The third-order valence-corrected chi connectivity index (χ3v) is 6.05. The summed E-state index contributed by atoms with van der Waals surface area (Å²) < 4.78 is 10.9. The van der Waals surface area contributed by atoms with Crippen molar-refractivity contribution in [2.45, 2.75) is 38.8 Å². The van der Waals surface area contributed by atoms with Crippen molar-refractivity contribution >= 4 is 5.96 Å². The molecule has 0 spiro atoms. The Kier molecular flexibility index (Phi) is 9.24. The summed E-state index contributed by atoms with van der Waals surface area (Å²) in [7, 11) is 1.73. The molecule has 2 aliphatic heterocycles. The first-order valence-corrected chi connectivity index (χ1v) is 11.4. The molecule has 2 fully saturated rings. The van der Waals surface area contributed by atoms with Gasteiger partial charge in [-0.3, -0.25) is 14.8 Å². The number of morpholine rings is 1. The average Bonchev–Trinajstić information content (AvgIpc) is 3.32. The number of guanidine groups is 1. The number of hydrogen-bond donors (Lipinski definition) is 2. The van der Waals surface area contributed by atoms with Gasteiger partial charge in [0, 0.05) is 32.2 Å². The van der Waals surface area contributed by atoms with Gasteiger partial charge in [-0.15, -0.1) is 0 Å². The molecule has 0 aromatic heterocycles. The molecule has 168 valence electrons. The Morgan fingerprint density at radius 3 is 2.60 bits per heavy atom. The van der Waals surface area contributed by atoms with Gasteiger partial charge in [0.1, 0.15) is 5.75 Å². The molecule has 0 amide bonds. The fourth-order valence-electron chi connectivity index (χ4n) is 4.25. The van der Waals surface area contributed by atoms with Gasteiger partial charge >= 0.3 is 0 Å². The SMILES string of the molecule is CCNC(=NCC(C)N1CCOCC1)NCC(c1cccc(OC)c1)N1CCCC1. The molecule has 2 saturated heterocycles. The minimum absolute atomic E-state index is 0.308. The molecule has 3 rings (SSSR count). The van der Waals surface area contributed by atoms with E-state index in [4.69, 9.17) is 14.5 Å². The molecule has 2 heterocycles. The standard InChI is InChI=1S/C23H39N5O2/c1-4-24-23(25-17-19(2)27-12-14-30-15-13-27)26-18-22(28-10-5-6-11-28)20-8-7-9-21(16-20)29-3/h7-9,16,19,22H,4-6,10-15,17-18H2,1-3H3,(H2,24,25,26). The summed E-state index contributed by atoms with van der Waals surface area (Å²) in [5, 5.41) is 7.02. The third-order valence-electron chi connectivity index (χ3n) is 6.05. The van der Waals surface area contributed by atoms with Crippen LogP contribution in [0.1, 0.15) is 38.3 Å². The summed E-state index contributed by atoms with van der Waals surface area (Å²) in [6.07, 6.45) is 2.54. The molecular weight excluding hydrogens is 378 g/mol. The molecule has 0 saturated carbocycles. The van der Waals surface area contributed by atoms with E-state index in [0.29, 0.717) is 12.1 Å². The van der Waals surface area contributed by atoms with Crippen LogP contribution in [-0.4, -0.2) is 87.9 Å². The number of nitrogens with zero attached hydrogens (tertiary/aromatic N) is 3. The molecule has 0 bridgehead atoms. The Morgan fingerprint density at radius 2 is 1.90 bits per heavy atom. The molecule has 2 atom stereocenters. The number of methoxy groups -OCH3 is 1. The van der Waals surface area contributed by atoms with Crippen LogP contribution in [0.4, 0.5) is 0 Å². The molecule has 7 nitrogen and oxygen atoms in total. The summed E-state index contributed by atoms with van der Waals surface area (Å²) in [5.74, 6) is 1.81. The molecule has 2 unspecified atom stereocenters. The van der Waals surface area contributed by atoms with Gasteiger partial charge in [0.25, 0.3) is 0 Å². The van der Waals surface area contributed by atoms with Crippen molar-refractivity contribution in [2.24, 2.45) is 4.99 Å². The number of rotatable bonds is 9. The Bertz CT molecular complexity index is 657. The highest BCUT2D eigenvalue weighted by molar-refractivity contribution is 5.79. The van der Waals surface area contributed by atoms with Gasteiger partial charge in [-0.1, -0.05) is 12.1 Å². The maximum Gasteiger partial charge on any atom is 0.191 e. The van der Waals surface area contributed by atoms with Gasteiger partial charge in [-0.05, 0) is 57.5 Å². The molecule has 1 aromatic rings. The number of aliphatic imine (C=N–C) groups is 1. The molecule has 2 N–H and O–H groups in total.